The molecule has 3 rings (SSSR count). The van der Waals surface area contributed by atoms with E-state index >= 15 is 0 Å². The SMILES string of the molecule is CC(F)(F)COCc1cccc(-c2nc3nccc(Cl)c3[nH]2)c1.FCF. The molecule has 0 saturated carbocycles. The molecule has 1 N–H and O–H groups in total. The maximum atomic E-state index is 12.8. The van der Waals surface area contributed by atoms with Gasteiger partial charge in [-0.25, -0.2) is 27.5 Å². The lowest BCUT2D eigenvalue weighted by Crippen LogP contribution is -2.18. The molecule has 0 unspecified atom stereocenters. The van der Waals surface area contributed by atoms with Gasteiger partial charge in [0.1, 0.15) is 17.9 Å². The molecule has 2 aromatic heterocycles. The lowest BCUT2D eigenvalue weighted by molar-refractivity contribution is -0.0673. The Balaban J connectivity index is 0.000000758. The van der Waals surface area contributed by atoms with E-state index in [0.717, 1.165) is 18.1 Å². The summed E-state index contributed by atoms with van der Waals surface area (Å²) in [5, 5.41) is 0.540. The van der Waals surface area contributed by atoms with Crippen molar-refractivity contribution in [2.75, 3.05) is 13.5 Å². The Morgan fingerprint density at radius 2 is 1.96 bits per heavy atom. The Morgan fingerprint density at radius 1 is 1.23 bits per heavy atom. The summed E-state index contributed by atoms with van der Waals surface area (Å²) < 4.78 is 49.8. The highest BCUT2D eigenvalue weighted by molar-refractivity contribution is 6.34. The molecule has 0 radical (unpaired) electrons. The number of aromatic nitrogens is 3. The van der Waals surface area contributed by atoms with Crippen molar-refractivity contribution in [3.63, 3.8) is 0 Å². The van der Waals surface area contributed by atoms with Gasteiger partial charge in [-0.3, -0.25) is 0 Å². The smallest absolute Gasteiger partial charge is 0.268 e. The highest BCUT2D eigenvalue weighted by atomic mass is 35.5. The van der Waals surface area contributed by atoms with Gasteiger partial charge in [0.15, 0.2) is 5.65 Å². The molecular weight excluding hydrogens is 374 g/mol. The Morgan fingerprint density at radius 3 is 2.62 bits per heavy atom. The maximum Gasteiger partial charge on any atom is 0.268 e. The number of H-pyrrole nitrogens is 1. The molecule has 0 aliphatic rings. The van der Waals surface area contributed by atoms with Crippen LogP contribution >= 0.6 is 11.6 Å². The first-order valence-electron chi connectivity index (χ1n) is 7.51. The molecule has 0 aliphatic carbocycles. The van der Waals surface area contributed by atoms with Gasteiger partial charge in [0.25, 0.3) is 5.92 Å². The zero-order chi connectivity index (χ0) is 19.2. The third kappa shape index (κ3) is 5.67. The first-order chi connectivity index (χ1) is 12.3. The number of ether oxygens (including phenoxy) is 1. The molecule has 2 heterocycles. The van der Waals surface area contributed by atoms with Gasteiger partial charge in [0, 0.05) is 18.7 Å². The molecule has 4 nitrogen and oxygen atoms in total. The number of hydrogen-bond acceptors (Lipinski definition) is 3. The van der Waals surface area contributed by atoms with Gasteiger partial charge in [0.2, 0.25) is 6.93 Å². The maximum absolute atomic E-state index is 12.8. The van der Waals surface area contributed by atoms with Gasteiger partial charge in [-0.1, -0.05) is 29.8 Å². The van der Waals surface area contributed by atoms with E-state index in [1.165, 1.54) is 0 Å². The van der Waals surface area contributed by atoms with Crippen LogP contribution in [0.15, 0.2) is 36.5 Å². The lowest BCUT2D eigenvalue weighted by Gasteiger charge is -2.11. The number of fused-ring (bicyclic) bond motifs is 1. The van der Waals surface area contributed by atoms with Crippen molar-refractivity contribution in [3.05, 3.63) is 47.1 Å². The van der Waals surface area contributed by atoms with E-state index in [2.05, 4.69) is 15.0 Å². The van der Waals surface area contributed by atoms with Crippen LogP contribution in [0.5, 0.6) is 0 Å². The quantitative estimate of drug-likeness (QED) is 0.600. The molecule has 140 valence electrons. The highest BCUT2D eigenvalue weighted by Crippen LogP contribution is 2.25. The predicted octanol–water partition coefficient (Wildman–Crippen LogP) is 5.33. The number of aromatic amines is 1. The summed E-state index contributed by atoms with van der Waals surface area (Å²) in [6, 6.07) is 9.01. The molecule has 0 fully saturated rings. The molecule has 1 aromatic carbocycles. The van der Waals surface area contributed by atoms with Crippen molar-refractivity contribution < 1.29 is 22.3 Å². The molecule has 0 atom stereocenters. The molecule has 0 saturated heterocycles. The van der Waals surface area contributed by atoms with Crippen molar-refractivity contribution in [2.45, 2.75) is 19.5 Å². The molecule has 0 bridgehead atoms. The largest absolute Gasteiger partial charge is 0.371 e. The average molecular weight is 390 g/mol. The second kappa shape index (κ2) is 8.95. The minimum absolute atomic E-state index is 0.108. The third-order valence-corrected chi connectivity index (χ3v) is 3.48. The molecule has 0 aliphatic heterocycles. The highest BCUT2D eigenvalue weighted by Gasteiger charge is 2.21. The van der Waals surface area contributed by atoms with Crippen LogP contribution in [0.1, 0.15) is 12.5 Å². The van der Waals surface area contributed by atoms with Gasteiger partial charge < -0.3 is 9.72 Å². The Labute approximate surface area is 152 Å². The van der Waals surface area contributed by atoms with Crippen LogP contribution in [-0.2, 0) is 11.3 Å². The topological polar surface area (TPSA) is 50.8 Å². The number of rotatable bonds is 5. The molecule has 26 heavy (non-hydrogen) atoms. The van der Waals surface area contributed by atoms with E-state index in [4.69, 9.17) is 16.3 Å². The fourth-order valence-corrected chi connectivity index (χ4v) is 2.36. The minimum Gasteiger partial charge on any atom is -0.371 e. The minimum atomic E-state index is -2.83. The van der Waals surface area contributed by atoms with E-state index in [1.807, 2.05) is 24.3 Å². The number of imidazole rings is 1. The van der Waals surface area contributed by atoms with Crippen molar-refractivity contribution >= 4 is 22.8 Å². The third-order valence-electron chi connectivity index (χ3n) is 3.17. The van der Waals surface area contributed by atoms with Crippen LogP contribution < -0.4 is 0 Å². The van der Waals surface area contributed by atoms with E-state index < -0.39 is 19.5 Å². The second-order valence-electron chi connectivity index (χ2n) is 5.44. The fraction of sp³-hybridized carbons (Fsp3) is 0.294. The standard InChI is InChI=1S/C16H14ClF2N3O.CH2F2/c1-16(18,19)9-23-8-10-3-2-4-11(7-10)14-21-13-12(17)5-6-20-15(13)22-14;2-1-3/h2-7H,8-9H2,1H3,(H,20,21,22);1H2. The lowest BCUT2D eigenvalue weighted by atomic mass is 10.1. The first-order valence-corrected chi connectivity index (χ1v) is 7.89. The van der Waals surface area contributed by atoms with Gasteiger partial charge in [-0.05, 0) is 17.7 Å². The number of benzene rings is 1. The molecule has 0 amide bonds. The van der Waals surface area contributed by atoms with Gasteiger partial charge in [-0.2, -0.15) is 0 Å². The van der Waals surface area contributed by atoms with E-state index in [-0.39, 0.29) is 6.61 Å². The van der Waals surface area contributed by atoms with Crippen LogP contribution in [0.4, 0.5) is 17.6 Å². The monoisotopic (exact) mass is 389 g/mol. The first kappa shape index (κ1) is 20.1. The fourth-order valence-electron chi connectivity index (χ4n) is 2.17. The van der Waals surface area contributed by atoms with Gasteiger partial charge in [-0.15, -0.1) is 0 Å². The summed E-state index contributed by atoms with van der Waals surface area (Å²) in [6.07, 6.45) is 1.59. The van der Waals surface area contributed by atoms with Crippen molar-refractivity contribution in [2.24, 2.45) is 0 Å². The number of halogens is 5. The van der Waals surface area contributed by atoms with Crippen LogP contribution in [-0.4, -0.2) is 34.4 Å². The van der Waals surface area contributed by atoms with Crippen LogP contribution in [0.25, 0.3) is 22.6 Å². The molecular formula is C17H16ClF4N3O. The zero-order valence-corrected chi connectivity index (χ0v) is 14.5. The number of hydrogen-bond donors (Lipinski definition) is 1. The Kier molecular flexibility index (Phi) is 6.93. The molecule has 9 heteroatoms. The number of alkyl halides is 4. The number of nitrogens with one attached hydrogen (secondary N) is 1. The summed E-state index contributed by atoms with van der Waals surface area (Å²) in [4.78, 5) is 11.7. The van der Waals surface area contributed by atoms with Crippen LogP contribution in [0.2, 0.25) is 5.02 Å². The summed E-state index contributed by atoms with van der Waals surface area (Å²) >= 11 is 6.10. The van der Waals surface area contributed by atoms with Gasteiger partial charge in [0.05, 0.1) is 11.6 Å². The molecule has 0 spiro atoms. The van der Waals surface area contributed by atoms with E-state index in [0.29, 0.717) is 22.0 Å². The van der Waals surface area contributed by atoms with Crippen molar-refractivity contribution in [3.8, 4) is 11.4 Å². The number of pyridine rings is 1. The van der Waals surface area contributed by atoms with Crippen LogP contribution in [0, 0.1) is 0 Å². The Hall–Kier alpha value is -2.19. The van der Waals surface area contributed by atoms with E-state index in [1.54, 1.807) is 12.3 Å². The molecule has 3 aromatic rings. The second-order valence-corrected chi connectivity index (χ2v) is 5.85. The van der Waals surface area contributed by atoms with Crippen molar-refractivity contribution in [1.82, 2.24) is 15.0 Å². The number of nitrogens with zero attached hydrogens (tertiary/aromatic N) is 2. The van der Waals surface area contributed by atoms with Crippen molar-refractivity contribution in [1.29, 1.82) is 0 Å². The predicted molar refractivity (Wildman–Crippen MR) is 91.7 cm³/mol. The summed E-state index contributed by atoms with van der Waals surface area (Å²) in [5.41, 5.74) is 2.78. The Bertz CT molecular complexity index is 851. The van der Waals surface area contributed by atoms with Gasteiger partial charge >= 0.3 is 0 Å². The zero-order valence-electron chi connectivity index (χ0n) is 13.8. The normalized spacial score (nSPS) is 11.3. The van der Waals surface area contributed by atoms with E-state index in [9.17, 15) is 17.6 Å². The summed E-state index contributed by atoms with van der Waals surface area (Å²) in [6.45, 7) is -1.42. The van der Waals surface area contributed by atoms with Crippen LogP contribution in [0.3, 0.4) is 0 Å². The summed E-state index contributed by atoms with van der Waals surface area (Å²) in [5.74, 6) is -2.22. The summed E-state index contributed by atoms with van der Waals surface area (Å²) in [7, 11) is 0. The average Bonchev–Trinajstić information content (AvgIpc) is 3.00.